The molecule has 0 unspecified atom stereocenters. The van der Waals surface area contributed by atoms with Crippen molar-refractivity contribution in [1.82, 2.24) is 0 Å². The normalized spacial score (nSPS) is 10.8. The van der Waals surface area contributed by atoms with E-state index in [0.29, 0.717) is 10.1 Å². The van der Waals surface area contributed by atoms with Gasteiger partial charge in [-0.1, -0.05) is 23.2 Å². The van der Waals surface area contributed by atoms with Gasteiger partial charge < -0.3 is 10.1 Å². The maximum Gasteiger partial charge on any atom is 0.350 e. The zero-order valence-electron chi connectivity index (χ0n) is 12.8. The lowest BCUT2D eigenvalue weighted by Gasteiger charge is -2.07. The number of halogens is 4. The molecule has 0 aliphatic rings. The Morgan fingerprint density at radius 3 is 2.62 bits per heavy atom. The Morgan fingerprint density at radius 2 is 1.88 bits per heavy atom. The van der Waals surface area contributed by atoms with Crippen LogP contribution < -0.4 is 5.32 Å². The number of nitrogens with one attached hydrogen (secondary N) is 1. The molecular formula is C17H9Cl2F2NO3S. The molecule has 4 nitrogen and oxygen atoms in total. The number of carbonyl (C=O) groups excluding carboxylic acids is 2. The molecule has 0 spiro atoms. The van der Waals surface area contributed by atoms with Gasteiger partial charge in [-0.25, -0.2) is 13.6 Å². The maximum absolute atomic E-state index is 13.6. The molecule has 1 aromatic heterocycles. The van der Waals surface area contributed by atoms with Crippen LogP contribution in [0.4, 0.5) is 14.5 Å². The molecule has 2 aromatic carbocycles. The number of amides is 1. The van der Waals surface area contributed by atoms with Crippen LogP contribution in [0, 0.1) is 11.6 Å². The third kappa shape index (κ3) is 3.95. The summed E-state index contributed by atoms with van der Waals surface area (Å²) in [6, 6.07) is 7.66. The fourth-order valence-electron chi connectivity index (χ4n) is 2.14. The molecule has 3 rings (SSSR count). The average Bonchev–Trinajstić information content (AvgIpc) is 2.91. The van der Waals surface area contributed by atoms with Crippen molar-refractivity contribution in [3.63, 3.8) is 0 Å². The van der Waals surface area contributed by atoms with E-state index in [9.17, 15) is 18.4 Å². The minimum Gasteiger partial charge on any atom is -0.451 e. The Hall–Kier alpha value is -2.22. The van der Waals surface area contributed by atoms with Crippen molar-refractivity contribution < 1.29 is 23.1 Å². The summed E-state index contributed by atoms with van der Waals surface area (Å²) < 4.78 is 32.3. The lowest BCUT2D eigenvalue weighted by atomic mass is 10.2. The van der Waals surface area contributed by atoms with Gasteiger partial charge in [0.15, 0.2) is 6.61 Å². The van der Waals surface area contributed by atoms with Crippen LogP contribution in [0.15, 0.2) is 36.4 Å². The van der Waals surface area contributed by atoms with Crippen LogP contribution in [0.25, 0.3) is 10.1 Å². The quantitative estimate of drug-likeness (QED) is 0.589. The molecule has 0 aliphatic carbocycles. The number of anilines is 1. The van der Waals surface area contributed by atoms with Crippen LogP contribution in [-0.4, -0.2) is 18.5 Å². The Labute approximate surface area is 160 Å². The van der Waals surface area contributed by atoms with Gasteiger partial charge in [-0.2, -0.15) is 0 Å². The third-order valence-electron chi connectivity index (χ3n) is 3.32. The van der Waals surface area contributed by atoms with Crippen LogP contribution in [-0.2, 0) is 9.53 Å². The van der Waals surface area contributed by atoms with Gasteiger partial charge in [-0.15, -0.1) is 11.3 Å². The molecule has 0 fully saturated rings. The number of hydrogen-bond donors (Lipinski definition) is 1. The summed E-state index contributed by atoms with van der Waals surface area (Å²) in [5.41, 5.74) is -0.0918. The van der Waals surface area contributed by atoms with Gasteiger partial charge in [0.2, 0.25) is 0 Å². The Balaban J connectivity index is 1.67. The second-order valence-corrected chi connectivity index (χ2v) is 7.00. The molecule has 0 saturated carbocycles. The molecule has 1 amide bonds. The number of carbonyl (C=O) groups is 2. The van der Waals surface area contributed by atoms with E-state index in [-0.39, 0.29) is 20.6 Å². The largest absolute Gasteiger partial charge is 0.451 e. The summed E-state index contributed by atoms with van der Waals surface area (Å²) >= 11 is 12.7. The molecule has 0 atom stereocenters. The average molecular weight is 416 g/mol. The van der Waals surface area contributed by atoms with Crippen molar-refractivity contribution in [2.75, 3.05) is 11.9 Å². The molecule has 0 aliphatic heterocycles. The Bertz CT molecular complexity index is 1020. The second-order valence-electron chi connectivity index (χ2n) is 5.13. The molecule has 1 heterocycles. The highest BCUT2D eigenvalue weighted by molar-refractivity contribution is 7.21. The summed E-state index contributed by atoms with van der Waals surface area (Å²) in [7, 11) is 0. The zero-order valence-corrected chi connectivity index (χ0v) is 15.1. The number of rotatable bonds is 4. The van der Waals surface area contributed by atoms with E-state index in [1.54, 1.807) is 0 Å². The van der Waals surface area contributed by atoms with Gasteiger partial charge in [0.05, 0.1) is 10.7 Å². The topological polar surface area (TPSA) is 55.4 Å². The summed E-state index contributed by atoms with van der Waals surface area (Å²) in [6.45, 7) is -0.639. The van der Waals surface area contributed by atoms with Gasteiger partial charge in [0.25, 0.3) is 5.91 Å². The number of hydrogen-bond acceptors (Lipinski definition) is 4. The van der Waals surface area contributed by atoms with Crippen LogP contribution in [0.5, 0.6) is 0 Å². The van der Waals surface area contributed by atoms with Crippen molar-refractivity contribution in [1.29, 1.82) is 0 Å². The van der Waals surface area contributed by atoms with Gasteiger partial charge in [0, 0.05) is 15.1 Å². The van der Waals surface area contributed by atoms with Gasteiger partial charge >= 0.3 is 5.97 Å². The second kappa shape index (κ2) is 7.57. The minimum atomic E-state index is -0.830. The standard InChI is InChI=1S/C17H9Cl2F2NO3S/c18-8-1-4-12(11(21)5-8)22-14(23)7-25-17(24)16-15(19)10-3-2-9(20)6-13(10)26-16/h1-6H,7H2,(H,22,23). The number of esters is 1. The summed E-state index contributed by atoms with van der Waals surface area (Å²) in [4.78, 5) is 24.0. The highest BCUT2D eigenvalue weighted by Gasteiger charge is 2.20. The van der Waals surface area contributed by atoms with E-state index < -0.39 is 30.1 Å². The SMILES string of the molecule is O=C(COC(=O)c1sc2cc(F)ccc2c1Cl)Nc1ccc(Cl)cc1F. The fourth-order valence-corrected chi connectivity index (χ4v) is 3.73. The highest BCUT2D eigenvalue weighted by Crippen LogP contribution is 2.36. The Morgan fingerprint density at radius 1 is 1.12 bits per heavy atom. The van der Waals surface area contributed by atoms with Gasteiger partial charge in [-0.3, -0.25) is 4.79 Å². The van der Waals surface area contributed by atoms with Crippen molar-refractivity contribution in [3.05, 3.63) is 63.0 Å². The predicted molar refractivity (Wildman–Crippen MR) is 97.1 cm³/mol. The molecular weight excluding hydrogens is 407 g/mol. The molecule has 134 valence electrons. The lowest BCUT2D eigenvalue weighted by Crippen LogP contribution is -2.21. The van der Waals surface area contributed by atoms with Crippen LogP contribution in [0.3, 0.4) is 0 Å². The van der Waals surface area contributed by atoms with Crippen LogP contribution in [0.2, 0.25) is 10.0 Å². The molecule has 1 N–H and O–H groups in total. The van der Waals surface area contributed by atoms with Crippen molar-refractivity contribution in [2.24, 2.45) is 0 Å². The van der Waals surface area contributed by atoms with Gasteiger partial charge in [0.1, 0.15) is 16.5 Å². The zero-order chi connectivity index (χ0) is 18.8. The first kappa shape index (κ1) is 18.6. The van der Waals surface area contributed by atoms with Crippen LogP contribution >= 0.6 is 34.5 Å². The number of benzene rings is 2. The smallest absolute Gasteiger partial charge is 0.350 e. The van der Waals surface area contributed by atoms with E-state index >= 15 is 0 Å². The van der Waals surface area contributed by atoms with Crippen molar-refractivity contribution >= 4 is 62.2 Å². The first-order chi connectivity index (χ1) is 12.3. The molecule has 0 radical (unpaired) electrons. The fraction of sp³-hybridized carbons (Fsp3) is 0.0588. The molecule has 26 heavy (non-hydrogen) atoms. The van der Waals surface area contributed by atoms with E-state index in [1.807, 2.05) is 0 Å². The Kier molecular flexibility index (Phi) is 5.41. The highest BCUT2D eigenvalue weighted by atomic mass is 35.5. The molecule has 3 aromatic rings. The summed E-state index contributed by atoms with van der Waals surface area (Å²) in [6.07, 6.45) is 0. The van der Waals surface area contributed by atoms with E-state index in [2.05, 4.69) is 5.32 Å². The van der Waals surface area contributed by atoms with E-state index in [0.717, 1.165) is 17.4 Å². The summed E-state index contributed by atoms with van der Waals surface area (Å²) in [5, 5.41) is 3.08. The van der Waals surface area contributed by atoms with Crippen molar-refractivity contribution in [2.45, 2.75) is 0 Å². The minimum absolute atomic E-state index is 0.0535. The molecule has 9 heteroatoms. The summed E-state index contributed by atoms with van der Waals surface area (Å²) in [5.74, 6) is -2.74. The number of fused-ring (bicyclic) bond motifs is 1. The van der Waals surface area contributed by atoms with Gasteiger partial charge in [-0.05, 0) is 36.4 Å². The number of thiophene rings is 1. The first-order valence-electron chi connectivity index (χ1n) is 7.14. The molecule has 0 saturated heterocycles. The van der Waals surface area contributed by atoms with Crippen molar-refractivity contribution in [3.8, 4) is 0 Å². The third-order valence-corrected chi connectivity index (χ3v) is 5.19. The van der Waals surface area contributed by atoms with E-state index in [1.165, 1.54) is 30.3 Å². The van der Waals surface area contributed by atoms with Crippen LogP contribution in [0.1, 0.15) is 9.67 Å². The maximum atomic E-state index is 13.6. The number of ether oxygens (including phenoxy) is 1. The predicted octanol–water partition coefficient (Wildman–Crippen LogP) is 5.28. The van der Waals surface area contributed by atoms with E-state index in [4.69, 9.17) is 27.9 Å². The monoisotopic (exact) mass is 415 g/mol. The lowest BCUT2D eigenvalue weighted by molar-refractivity contribution is -0.119. The molecule has 0 bridgehead atoms. The first-order valence-corrected chi connectivity index (χ1v) is 8.72.